The van der Waals surface area contributed by atoms with Gasteiger partial charge in [-0.05, 0) is 18.1 Å². The molecule has 0 bridgehead atoms. The number of hydrogen-bond donors (Lipinski definition) is 1. The van der Waals surface area contributed by atoms with E-state index in [4.69, 9.17) is 16.7 Å². The SMILES string of the molecule is CCCNC(=O)CN1C(=O)CS[C@@H](c2ccccc2Cl)c2c(C(C)(C)C)nn(C)c21. The van der Waals surface area contributed by atoms with E-state index in [0.29, 0.717) is 17.4 Å². The van der Waals surface area contributed by atoms with E-state index in [0.717, 1.165) is 23.2 Å². The maximum absolute atomic E-state index is 13.1. The number of hydrogen-bond acceptors (Lipinski definition) is 4. The van der Waals surface area contributed by atoms with Crippen LogP contribution in [-0.4, -0.2) is 40.4 Å². The first-order valence-corrected chi connectivity index (χ1v) is 11.6. The van der Waals surface area contributed by atoms with E-state index in [-0.39, 0.29) is 34.8 Å². The van der Waals surface area contributed by atoms with Gasteiger partial charge in [0.1, 0.15) is 12.4 Å². The molecule has 0 radical (unpaired) electrons. The lowest BCUT2D eigenvalue weighted by Crippen LogP contribution is -2.42. The summed E-state index contributed by atoms with van der Waals surface area (Å²) in [6.07, 6.45) is 0.843. The molecule has 0 saturated carbocycles. The highest BCUT2D eigenvalue weighted by Gasteiger charge is 2.39. The van der Waals surface area contributed by atoms with Gasteiger partial charge >= 0.3 is 0 Å². The minimum Gasteiger partial charge on any atom is -0.355 e. The Kier molecular flexibility index (Phi) is 6.82. The van der Waals surface area contributed by atoms with Gasteiger partial charge in [-0.25, -0.2) is 0 Å². The number of anilines is 1. The number of thioether (sulfide) groups is 1. The predicted molar refractivity (Wildman–Crippen MR) is 123 cm³/mol. The zero-order valence-corrected chi connectivity index (χ0v) is 19.7. The Morgan fingerprint density at radius 1 is 1.33 bits per heavy atom. The Bertz CT molecular complexity index is 951. The number of nitrogens with one attached hydrogen (secondary N) is 1. The van der Waals surface area contributed by atoms with Crippen LogP contribution in [-0.2, 0) is 22.1 Å². The lowest BCUT2D eigenvalue weighted by molar-refractivity contribution is -0.122. The molecular formula is C22H29ClN4O2S. The highest BCUT2D eigenvalue weighted by atomic mass is 35.5. The summed E-state index contributed by atoms with van der Waals surface area (Å²) >= 11 is 8.10. The first-order valence-electron chi connectivity index (χ1n) is 10.2. The average Bonchev–Trinajstić information content (AvgIpc) is 2.96. The van der Waals surface area contributed by atoms with Crippen molar-refractivity contribution >= 4 is 41.0 Å². The van der Waals surface area contributed by atoms with Crippen molar-refractivity contribution in [3.63, 3.8) is 0 Å². The molecule has 0 saturated heterocycles. The molecule has 0 unspecified atom stereocenters. The third kappa shape index (κ3) is 4.52. The van der Waals surface area contributed by atoms with Gasteiger partial charge in [-0.2, -0.15) is 5.10 Å². The Morgan fingerprint density at radius 3 is 2.67 bits per heavy atom. The lowest BCUT2D eigenvalue weighted by Gasteiger charge is -2.24. The van der Waals surface area contributed by atoms with Gasteiger partial charge in [0.15, 0.2) is 0 Å². The number of nitrogens with zero attached hydrogens (tertiary/aromatic N) is 3. The molecule has 1 N–H and O–H groups in total. The summed E-state index contributed by atoms with van der Waals surface area (Å²) in [6, 6.07) is 7.72. The molecule has 8 heteroatoms. The normalized spacial score (nSPS) is 16.9. The second-order valence-corrected chi connectivity index (χ2v) is 10.0. The minimum absolute atomic E-state index is 0.0231. The predicted octanol–water partition coefficient (Wildman–Crippen LogP) is 4.07. The molecule has 0 spiro atoms. The van der Waals surface area contributed by atoms with Crippen molar-refractivity contribution in [3.8, 4) is 0 Å². The number of halogens is 1. The molecule has 1 aliphatic heterocycles. The van der Waals surface area contributed by atoms with Crippen LogP contribution in [0.15, 0.2) is 24.3 Å². The Hall–Kier alpha value is -1.99. The van der Waals surface area contributed by atoms with E-state index < -0.39 is 0 Å². The van der Waals surface area contributed by atoms with Crippen molar-refractivity contribution in [2.75, 3.05) is 23.7 Å². The molecular weight excluding hydrogens is 420 g/mol. The van der Waals surface area contributed by atoms with Gasteiger partial charge in [-0.1, -0.05) is 57.5 Å². The first kappa shape index (κ1) is 22.7. The van der Waals surface area contributed by atoms with Crippen LogP contribution in [0.4, 0.5) is 5.82 Å². The molecule has 6 nitrogen and oxygen atoms in total. The molecule has 2 amide bonds. The molecule has 3 rings (SSSR count). The summed E-state index contributed by atoms with van der Waals surface area (Å²) in [7, 11) is 1.83. The van der Waals surface area contributed by atoms with E-state index >= 15 is 0 Å². The highest BCUT2D eigenvalue weighted by Crippen LogP contribution is 2.48. The van der Waals surface area contributed by atoms with E-state index in [1.165, 1.54) is 11.8 Å². The summed E-state index contributed by atoms with van der Waals surface area (Å²) in [5, 5.41) is 8.18. The molecule has 1 atom stereocenters. The zero-order chi connectivity index (χ0) is 22.1. The Labute approximate surface area is 187 Å². The zero-order valence-electron chi connectivity index (χ0n) is 18.2. The van der Waals surface area contributed by atoms with Crippen molar-refractivity contribution in [3.05, 3.63) is 46.1 Å². The van der Waals surface area contributed by atoms with Crippen LogP contribution in [0.1, 0.15) is 56.2 Å². The van der Waals surface area contributed by atoms with Crippen LogP contribution in [0.25, 0.3) is 0 Å². The number of aryl methyl sites for hydroxylation is 1. The summed E-state index contributed by atoms with van der Waals surface area (Å²) in [5.74, 6) is 0.656. The topological polar surface area (TPSA) is 67.2 Å². The van der Waals surface area contributed by atoms with Crippen LogP contribution in [0.2, 0.25) is 5.02 Å². The van der Waals surface area contributed by atoms with Crippen LogP contribution in [0.5, 0.6) is 0 Å². The second kappa shape index (κ2) is 9.02. The van der Waals surface area contributed by atoms with Crippen LogP contribution >= 0.6 is 23.4 Å². The largest absolute Gasteiger partial charge is 0.355 e. The van der Waals surface area contributed by atoms with Gasteiger partial charge < -0.3 is 5.32 Å². The quantitative estimate of drug-likeness (QED) is 0.748. The Balaban J connectivity index is 2.17. The smallest absolute Gasteiger partial charge is 0.240 e. The fourth-order valence-electron chi connectivity index (χ4n) is 3.64. The van der Waals surface area contributed by atoms with E-state index in [1.54, 1.807) is 9.58 Å². The minimum atomic E-state index is -0.241. The highest BCUT2D eigenvalue weighted by molar-refractivity contribution is 8.00. The van der Waals surface area contributed by atoms with Crippen LogP contribution < -0.4 is 10.2 Å². The lowest BCUT2D eigenvalue weighted by atomic mass is 9.87. The molecule has 1 aliphatic rings. The van der Waals surface area contributed by atoms with Gasteiger partial charge in [0.2, 0.25) is 11.8 Å². The average molecular weight is 449 g/mol. The number of aromatic nitrogens is 2. The van der Waals surface area contributed by atoms with Crippen LogP contribution in [0.3, 0.4) is 0 Å². The number of rotatable bonds is 5. The number of amides is 2. The summed E-state index contributed by atoms with van der Waals surface area (Å²) in [4.78, 5) is 27.2. The fourth-order valence-corrected chi connectivity index (χ4v) is 5.18. The molecule has 0 aliphatic carbocycles. The molecule has 0 fully saturated rings. The van der Waals surface area contributed by atoms with Crippen molar-refractivity contribution in [2.24, 2.45) is 7.05 Å². The van der Waals surface area contributed by atoms with Gasteiger partial charge in [-0.3, -0.25) is 19.2 Å². The van der Waals surface area contributed by atoms with E-state index in [2.05, 4.69) is 26.1 Å². The summed E-state index contributed by atoms with van der Waals surface area (Å²) in [6.45, 7) is 8.88. The fraction of sp³-hybridized carbons (Fsp3) is 0.500. The van der Waals surface area contributed by atoms with Crippen molar-refractivity contribution in [1.29, 1.82) is 0 Å². The van der Waals surface area contributed by atoms with Crippen LogP contribution in [0, 0.1) is 0 Å². The van der Waals surface area contributed by atoms with Crippen molar-refractivity contribution in [2.45, 2.75) is 44.8 Å². The van der Waals surface area contributed by atoms with Gasteiger partial charge in [0.05, 0.1) is 16.7 Å². The Morgan fingerprint density at radius 2 is 2.03 bits per heavy atom. The summed E-state index contributed by atoms with van der Waals surface area (Å²) < 4.78 is 1.73. The number of fused-ring (bicyclic) bond motifs is 1. The molecule has 162 valence electrons. The number of carbonyl (C=O) groups excluding carboxylic acids is 2. The summed E-state index contributed by atoms with van der Waals surface area (Å²) in [5.41, 5.74) is 2.58. The third-order valence-corrected chi connectivity index (χ3v) is 6.60. The molecule has 1 aromatic carbocycles. The third-order valence-electron chi connectivity index (χ3n) is 5.02. The molecule has 2 aromatic rings. The molecule has 30 heavy (non-hydrogen) atoms. The van der Waals surface area contributed by atoms with Crippen molar-refractivity contribution < 1.29 is 9.59 Å². The van der Waals surface area contributed by atoms with Crippen molar-refractivity contribution in [1.82, 2.24) is 15.1 Å². The number of benzene rings is 1. The molecule has 1 aromatic heterocycles. The van der Waals surface area contributed by atoms with Gasteiger partial charge in [-0.15, -0.1) is 11.8 Å². The standard InChI is InChI=1S/C22H29ClN4O2S/c1-6-11-24-16(28)12-27-17(29)13-30-19(14-9-7-8-10-15(14)23)18-20(22(2,3)4)25-26(5)21(18)27/h7-10,19H,6,11-13H2,1-5H3,(H,24,28)/t19-/m0/s1. The maximum Gasteiger partial charge on any atom is 0.240 e. The van der Waals surface area contributed by atoms with Gasteiger partial charge in [0, 0.05) is 29.6 Å². The van der Waals surface area contributed by atoms with E-state index in [1.807, 2.05) is 38.2 Å². The molecule has 2 heterocycles. The second-order valence-electron chi connectivity index (χ2n) is 8.50. The number of carbonyl (C=O) groups is 2. The van der Waals surface area contributed by atoms with E-state index in [9.17, 15) is 9.59 Å². The van der Waals surface area contributed by atoms with Gasteiger partial charge in [0.25, 0.3) is 0 Å². The monoisotopic (exact) mass is 448 g/mol. The first-order chi connectivity index (χ1) is 14.1. The maximum atomic E-state index is 13.1.